The van der Waals surface area contributed by atoms with Gasteiger partial charge in [-0.25, -0.2) is 8.78 Å². The maximum atomic E-state index is 14.5. The van der Waals surface area contributed by atoms with E-state index in [0.717, 1.165) is 51.4 Å². The molecule has 0 bridgehead atoms. The molecule has 3 aromatic rings. The van der Waals surface area contributed by atoms with E-state index < -0.39 is 35.2 Å². The molecule has 4 rings (SSSR count). The smallest absolute Gasteiger partial charge is 0.416 e. The fourth-order valence-corrected chi connectivity index (χ4v) is 4.99. The fourth-order valence-electron chi connectivity index (χ4n) is 4.99. The number of hydrogen-bond donors (Lipinski definition) is 0. The van der Waals surface area contributed by atoms with Crippen molar-refractivity contribution in [3.05, 3.63) is 101 Å². The number of halogens is 5. The van der Waals surface area contributed by atoms with Crippen molar-refractivity contribution in [2.75, 3.05) is 19.6 Å². The molecule has 1 atom stereocenters. The SMILES string of the molecule is Fc1ccc(C(F)(F)F)cc1OC(CCCCCN1CCC(c2ccccc2)CC1)c1ccccc1F. The molecular formula is C30H32F5NO. The Hall–Kier alpha value is -2.93. The van der Waals surface area contributed by atoms with Crippen molar-refractivity contribution in [1.29, 1.82) is 0 Å². The van der Waals surface area contributed by atoms with E-state index in [0.29, 0.717) is 30.9 Å². The number of alkyl halides is 3. The largest absolute Gasteiger partial charge is 0.483 e. The van der Waals surface area contributed by atoms with E-state index in [2.05, 4.69) is 29.2 Å². The Morgan fingerprint density at radius 2 is 1.51 bits per heavy atom. The van der Waals surface area contributed by atoms with Crippen molar-refractivity contribution >= 4 is 0 Å². The molecule has 1 saturated heterocycles. The summed E-state index contributed by atoms with van der Waals surface area (Å²) in [6.45, 7) is 3.07. The average molecular weight is 518 g/mol. The molecule has 0 aromatic heterocycles. The second kappa shape index (κ2) is 12.5. The molecule has 3 aromatic carbocycles. The monoisotopic (exact) mass is 517 g/mol. The molecule has 0 aliphatic carbocycles. The van der Waals surface area contributed by atoms with Crippen LogP contribution in [0, 0.1) is 11.6 Å². The number of piperidine rings is 1. The number of likely N-dealkylation sites (tertiary alicyclic amines) is 1. The summed E-state index contributed by atoms with van der Waals surface area (Å²) in [6, 6.07) is 18.6. The van der Waals surface area contributed by atoms with E-state index >= 15 is 0 Å². The molecule has 1 aliphatic rings. The third kappa shape index (κ3) is 7.54. The Morgan fingerprint density at radius 3 is 2.22 bits per heavy atom. The van der Waals surface area contributed by atoms with Crippen LogP contribution in [-0.4, -0.2) is 24.5 Å². The molecule has 1 unspecified atom stereocenters. The van der Waals surface area contributed by atoms with E-state index in [1.165, 1.54) is 23.8 Å². The molecule has 0 saturated carbocycles. The molecule has 0 N–H and O–H groups in total. The highest BCUT2D eigenvalue weighted by Gasteiger charge is 2.32. The van der Waals surface area contributed by atoms with Crippen LogP contribution in [0.3, 0.4) is 0 Å². The second-order valence-electron chi connectivity index (χ2n) is 9.65. The number of nitrogens with zero attached hydrogens (tertiary/aromatic N) is 1. The Balaban J connectivity index is 1.30. The van der Waals surface area contributed by atoms with Crippen molar-refractivity contribution in [2.45, 2.75) is 56.7 Å². The van der Waals surface area contributed by atoms with Crippen LogP contribution >= 0.6 is 0 Å². The van der Waals surface area contributed by atoms with Crippen LogP contribution in [0.4, 0.5) is 22.0 Å². The zero-order valence-electron chi connectivity index (χ0n) is 20.7. The van der Waals surface area contributed by atoms with Gasteiger partial charge in [0.1, 0.15) is 11.9 Å². The Labute approximate surface area is 215 Å². The summed E-state index contributed by atoms with van der Waals surface area (Å²) < 4.78 is 73.9. The van der Waals surface area contributed by atoms with Gasteiger partial charge in [0.15, 0.2) is 11.6 Å². The van der Waals surface area contributed by atoms with Crippen LogP contribution in [-0.2, 0) is 6.18 Å². The van der Waals surface area contributed by atoms with Crippen LogP contribution < -0.4 is 4.74 Å². The first-order valence-corrected chi connectivity index (χ1v) is 12.9. The lowest BCUT2D eigenvalue weighted by Crippen LogP contribution is -2.33. The Morgan fingerprint density at radius 1 is 0.811 bits per heavy atom. The van der Waals surface area contributed by atoms with Gasteiger partial charge < -0.3 is 9.64 Å². The quantitative estimate of drug-likeness (QED) is 0.197. The van der Waals surface area contributed by atoms with Gasteiger partial charge in [0.25, 0.3) is 0 Å². The summed E-state index contributed by atoms with van der Waals surface area (Å²) in [6.07, 6.45) is -0.385. The lowest BCUT2D eigenvalue weighted by atomic mass is 9.89. The number of rotatable bonds is 10. The second-order valence-corrected chi connectivity index (χ2v) is 9.65. The fraction of sp³-hybridized carbons (Fsp3) is 0.400. The zero-order valence-corrected chi connectivity index (χ0v) is 20.7. The first-order chi connectivity index (χ1) is 17.8. The molecule has 0 spiro atoms. The van der Waals surface area contributed by atoms with E-state index in [9.17, 15) is 22.0 Å². The predicted molar refractivity (Wildman–Crippen MR) is 134 cm³/mol. The molecule has 0 radical (unpaired) electrons. The van der Waals surface area contributed by atoms with Crippen molar-refractivity contribution in [1.82, 2.24) is 4.90 Å². The van der Waals surface area contributed by atoms with Crippen LogP contribution in [0.15, 0.2) is 72.8 Å². The molecule has 7 heteroatoms. The number of unbranched alkanes of at least 4 members (excludes halogenated alkanes) is 2. The maximum absolute atomic E-state index is 14.5. The molecule has 2 nitrogen and oxygen atoms in total. The summed E-state index contributed by atoms with van der Waals surface area (Å²) in [4.78, 5) is 2.46. The van der Waals surface area contributed by atoms with Crippen LogP contribution in [0.25, 0.3) is 0 Å². The first-order valence-electron chi connectivity index (χ1n) is 12.9. The normalized spacial score (nSPS) is 16.0. The van der Waals surface area contributed by atoms with Gasteiger partial charge in [-0.15, -0.1) is 0 Å². The van der Waals surface area contributed by atoms with Crippen LogP contribution in [0.5, 0.6) is 5.75 Å². The molecule has 1 heterocycles. The lowest BCUT2D eigenvalue weighted by Gasteiger charge is -2.32. The summed E-state index contributed by atoms with van der Waals surface area (Å²) >= 11 is 0. The summed E-state index contributed by atoms with van der Waals surface area (Å²) in [7, 11) is 0. The van der Waals surface area contributed by atoms with Gasteiger partial charge in [-0.05, 0) is 87.5 Å². The minimum Gasteiger partial charge on any atom is -0.483 e. The minimum absolute atomic E-state index is 0.210. The van der Waals surface area contributed by atoms with Gasteiger partial charge in [-0.3, -0.25) is 0 Å². The van der Waals surface area contributed by atoms with E-state index in [4.69, 9.17) is 4.74 Å². The zero-order chi connectivity index (χ0) is 26.3. The molecule has 37 heavy (non-hydrogen) atoms. The number of ether oxygens (including phenoxy) is 1. The van der Waals surface area contributed by atoms with E-state index in [1.807, 2.05) is 6.07 Å². The highest BCUT2D eigenvalue weighted by Crippen LogP contribution is 2.36. The van der Waals surface area contributed by atoms with E-state index in [1.54, 1.807) is 6.07 Å². The van der Waals surface area contributed by atoms with Gasteiger partial charge >= 0.3 is 6.18 Å². The Bertz CT molecular complexity index is 1130. The van der Waals surface area contributed by atoms with Gasteiger partial charge in [0, 0.05) is 5.56 Å². The summed E-state index contributed by atoms with van der Waals surface area (Å²) in [5.74, 6) is -1.36. The predicted octanol–water partition coefficient (Wildman–Crippen LogP) is 8.54. The highest BCUT2D eigenvalue weighted by atomic mass is 19.4. The summed E-state index contributed by atoms with van der Waals surface area (Å²) in [5, 5.41) is 0. The molecule has 198 valence electrons. The topological polar surface area (TPSA) is 12.5 Å². The molecular weight excluding hydrogens is 485 g/mol. The van der Waals surface area contributed by atoms with Gasteiger partial charge in [0.2, 0.25) is 0 Å². The standard InChI is InChI=1S/C30H32F5NO/c31-26-12-7-6-11-25(26)28(37-29-21-24(30(33,34)35)14-15-27(29)32)13-5-2-8-18-36-19-16-23(17-20-36)22-9-3-1-4-10-22/h1,3-4,6-7,9-12,14-15,21,23,28H,2,5,8,13,16-20H2. The average Bonchev–Trinajstić information content (AvgIpc) is 2.89. The van der Waals surface area contributed by atoms with Crippen LogP contribution in [0.1, 0.15) is 67.2 Å². The van der Waals surface area contributed by atoms with Crippen molar-refractivity contribution in [3.63, 3.8) is 0 Å². The van der Waals surface area contributed by atoms with Crippen molar-refractivity contribution in [2.24, 2.45) is 0 Å². The highest BCUT2D eigenvalue weighted by molar-refractivity contribution is 5.33. The van der Waals surface area contributed by atoms with Gasteiger partial charge in [-0.2, -0.15) is 13.2 Å². The van der Waals surface area contributed by atoms with Crippen molar-refractivity contribution < 1.29 is 26.7 Å². The van der Waals surface area contributed by atoms with E-state index in [-0.39, 0.29) is 5.56 Å². The minimum atomic E-state index is -4.63. The molecule has 1 fully saturated rings. The number of benzene rings is 3. The maximum Gasteiger partial charge on any atom is 0.416 e. The van der Waals surface area contributed by atoms with Gasteiger partial charge in [-0.1, -0.05) is 55.0 Å². The Kier molecular flexibility index (Phi) is 9.19. The van der Waals surface area contributed by atoms with Crippen molar-refractivity contribution in [3.8, 4) is 5.75 Å². The number of hydrogen-bond acceptors (Lipinski definition) is 2. The third-order valence-corrected chi connectivity index (χ3v) is 7.08. The molecule has 0 amide bonds. The van der Waals surface area contributed by atoms with Gasteiger partial charge in [0.05, 0.1) is 5.56 Å². The summed E-state index contributed by atoms with van der Waals surface area (Å²) in [5.41, 5.74) is 0.605. The first kappa shape index (κ1) is 27.1. The van der Waals surface area contributed by atoms with Crippen LogP contribution in [0.2, 0.25) is 0 Å². The molecule has 1 aliphatic heterocycles. The third-order valence-electron chi connectivity index (χ3n) is 7.08. The lowest BCUT2D eigenvalue weighted by molar-refractivity contribution is -0.137.